The molecule has 3 rings (SSSR count). The van der Waals surface area contributed by atoms with E-state index in [9.17, 15) is 9.90 Å². The Morgan fingerprint density at radius 2 is 1.96 bits per heavy atom. The summed E-state index contributed by atoms with van der Waals surface area (Å²) in [6.07, 6.45) is 0.915. The first-order valence-electron chi connectivity index (χ1n) is 9.21. The van der Waals surface area contributed by atoms with Crippen LogP contribution in [0.15, 0.2) is 63.6 Å². The molecule has 148 valence electrons. The summed E-state index contributed by atoms with van der Waals surface area (Å²) >= 11 is 0. The summed E-state index contributed by atoms with van der Waals surface area (Å²) in [6, 6.07) is 14.5. The maximum atomic E-state index is 11.5. The van der Waals surface area contributed by atoms with E-state index in [1.165, 1.54) is 6.92 Å². The van der Waals surface area contributed by atoms with Crippen molar-refractivity contribution < 1.29 is 23.5 Å². The first-order chi connectivity index (χ1) is 13.5. The van der Waals surface area contributed by atoms with Crippen LogP contribution in [0.25, 0.3) is 0 Å². The van der Waals surface area contributed by atoms with E-state index in [4.69, 9.17) is 13.6 Å². The molecule has 1 aromatic carbocycles. The monoisotopic (exact) mass is 383 g/mol. The van der Waals surface area contributed by atoms with E-state index >= 15 is 0 Å². The zero-order valence-electron chi connectivity index (χ0n) is 16.1. The minimum Gasteiger partial charge on any atom is -0.491 e. The number of furan rings is 2. The second kappa shape index (κ2) is 9.39. The Labute approximate surface area is 164 Å². The Kier molecular flexibility index (Phi) is 6.68. The van der Waals surface area contributed by atoms with E-state index in [1.807, 2.05) is 36.1 Å². The molecule has 0 spiro atoms. The van der Waals surface area contributed by atoms with Crippen LogP contribution in [0.5, 0.6) is 5.75 Å². The number of benzene rings is 1. The summed E-state index contributed by atoms with van der Waals surface area (Å²) in [6.45, 7) is 5.00. The van der Waals surface area contributed by atoms with E-state index in [2.05, 4.69) is 0 Å². The highest BCUT2D eigenvalue weighted by Crippen LogP contribution is 2.16. The van der Waals surface area contributed by atoms with E-state index in [1.54, 1.807) is 30.5 Å². The van der Waals surface area contributed by atoms with Gasteiger partial charge >= 0.3 is 0 Å². The second-order valence-corrected chi connectivity index (χ2v) is 6.81. The minimum atomic E-state index is -0.716. The van der Waals surface area contributed by atoms with Crippen molar-refractivity contribution in [3.05, 3.63) is 77.6 Å². The number of ether oxygens (including phenoxy) is 1. The number of aryl methyl sites for hydroxylation is 1. The lowest BCUT2D eigenvalue weighted by Gasteiger charge is -2.23. The Bertz CT molecular complexity index is 884. The van der Waals surface area contributed by atoms with Gasteiger partial charge in [0.2, 0.25) is 0 Å². The van der Waals surface area contributed by atoms with Crippen LogP contribution in [-0.4, -0.2) is 35.0 Å². The SMILES string of the molecule is CC(=O)c1cccc(OCC(O)CN(Cc2ccco2)Cc2ccc(C)o2)c1. The van der Waals surface area contributed by atoms with Gasteiger partial charge in [-0.25, -0.2) is 0 Å². The van der Waals surface area contributed by atoms with Gasteiger partial charge in [0, 0.05) is 12.1 Å². The smallest absolute Gasteiger partial charge is 0.159 e. The van der Waals surface area contributed by atoms with Crippen molar-refractivity contribution in [3.63, 3.8) is 0 Å². The molecule has 0 aliphatic rings. The van der Waals surface area contributed by atoms with Gasteiger partial charge in [-0.3, -0.25) is 9.69 Å². The number of aliphatic hydroxyl groups excluding tert-OH is 1. The van der Waals surface area contributed by atoms with Crippen LogP contribution in [0.4, 0.5) is 0 Å². The van der Waals surface area contributed by atoms with Crippen molar-refractivity contribution in [3.8, 4) is 5.75 Å². The Balaban J connectivity index is 1.59. The van der Waals surface area contributed by atoms with Crippen LogP contribution in [0.2, 0.25) is 0 Å². The molecule has 2 aromatic heterocycles. The highest BCUT2D eigenvalue weighted by atomic mass is 16.5. The standard InChI is InChI=1S/C22H25NO5/c1-16-8-9-22(28-16)14-23(13-21-7-4-10-26-21)12-19(25)15-27-20-6-3-5-18(11-20)17(2)24/h3-11,19,25H,12-15H2,1-2H3. The molecule has 1 unspecified atom stereocenters. The van der Waals surface area contributed by atoms with Crippen LogP contribution in [0, 0.1) is 6.92 Å². The third-order valence-corrected chi connectivity index (χ3v) is 4.29. The molecule has 0 amide bonds. The lowest BCUT2D eigenvalue weighted by molar-refractivity contribution is 0.0579. The molecule has 1 N–H and O–H groups in total. The lowest BCUT2D eigenvalue weighted by Crippen LogP contribution is -2.34. The molecule has 1 atom stereocenters. The highest BCUT2D eigenvalue weighted by Gasteiger charge is 2.16. The van der Waals surface area contributed by atoms with Gasteiger partial charge in [0.15, 0.2) is 5.78 Å². The number of aliphatic hydroxyl groups is 1. The number of ketones is 1. The van der Waals surface area contributed by atoms with E-state index in [-0.39, 0.29) is 12.4 Å². The number of rotatable bonds is 10. The second-order valence-electron chi connectivity index (χ2n) is 6.81. The largest absolute Gasteiger partial charge is 0.491 e. The van der Waals surface area contributed by atoms with E-state index in [0.717, 1.165) is 17.3 Å². The molecule has 0 radical (unpaired) electrons. The third-order valence-electron chi connectivity index (χ3n) is 4.29. The van der Waals surface area contributed by atoms with Crippen molar-refractivity contribution in [1.82, 2.24) is 4.90 Å². The van der Waals surface area contributed by atoms with Crippen LogP contribution in [0.1, 0.15) is 34.6 Å². The number of nitrogens with zero attached hydrogens (tertiary/aromatic N) is 1. The van der Waals surface area contributed by atoms with Crippen molar-refractivity contribution in [2.24, 2.45) is 0 Å². The number of carbonyl (C=O) groups excluding carboxylic acids is 1. The number of carbonyl (C=O) groups is 1. The lowest BCUT2D eigenvalue weighted by atomic mass is 10.1. The predicted octanol–water partition coefficient (Wildman–Crippen LogP) is 3.83. The van der Waals surface area contributed by atoms with Gasteiger partial charge in [-0.15, -0.1) is 0 Å². The first-order valence-corrected chi connectivity index (χ1v) is 9.21. The molecule has 3 aromatic rings. The fourth-order valence-corrected chi connectivity index (χ4v) is 2.95. The average molecular weight is 383 g/mol. The normalized spacial score (nSPS) is 12.3. The molecule has 0 aliphatic carbocycles. The van der Waals surface area contributed by atoms with Gasteiger partial charge in [-0.1, -0.05) is 12.1 Å². The van der Waals surface area contributed by atoms with Crippen LogP contribution >= 0.6 is 0 Å². The summed E-state index contributed by atoms with van der Waals surface area (Å²) < 4.78 is 16.8. The van der Waals surface area contributed by atoms with Gasteiger partial charge in [-0.2, -0.15) is 0 Å². The molecule has 2 heterocycles. The van der Waals surface area contributed by atoms with Crippen molar-refractivity contribution in [2.45, 2.75) is 33.0 Å². The minimum absolute atomic E-state index is 0.0237. The van der Waals surface area contributed by atoms with Gasteiger partial charge in [0.05, 0.1) is 19.4 Å². The van der Waals surface area contributed by atoms with Gasteiger partial charge in [-0.05, 0) is 50.2 Å². The van der Waals surface area contributed by atoms with Crippen LogP contribution in [-0.2, 0) is 13.1 Å². The molecular weight excluding hydrogens is 358 g/mol. The number of hydrogen-bond donors (Lipinski definition) is 1. The summed E-state index contributed by atoms with van der Waals surface area (Å²) in [4.78, 5) is 13.5. The number of hydrogen-bond acceptors (Lipinski definition) is 6. The molecule has 0 aliphatic heterocycles. The molecule has 0 fully saturated rings. The quantitative estimate of drug-likeness (QED) is 0.536. The summed E-state index contributed by atoms with van der Waals surface area (Å²) in [7, 11) is 0. The maximum Gasteiger partial charge on any atom is 0.159 e. The molecule has 0 saturated carbocycles. The Hall–Kier alpha value is -2.83. The highest BCUT2D eigenvalue weighted by molar-refractivity contribution is 5.94. The van der Waals surface area contributed by atoms with Crippen molar-refractivity contribution >= 4 is 5.78 Å². The fourth-order valence-electron chi connectivity index (χ4n) is 2.95. The number of Topliss-reactive ketones (excluding diaryl/α,β-unsaturated/α-hetero) is 1. The molecule has 0 bridgehead atoms. The average Bonchev–Trinajstić information content (AvgIpc) is 3.32. The molecule has 6 nitrogen and oxygen atoms in total. The molecule has 0 saturated heterocycles. The van der Waals surface area contributed by atoms with Crippen LogP contribution < -0.4 is 4.74 Å². The van der Waals surface area contributed by atoms with E-state index in [0.29, 0.717) is 30.9 Å². The molecule has 28 heavy (non-hydrogen) atoms. The molecular formula is C22H25NO5. The maximum absolute atomic E-state index is 11.5. The molecule has 6 heteroatoms. The van der Waals surface area contributed by atoms with Crippen LogP contribution in [0.3, 0.4) is 0 Å². The summed E-state index contributed by atoms with van der Waals surface area (Å²) in [5.74, 6) is 3.02. The zero-order chi connectivity index (χ0) is 19.9. The van der Waals surface area contributed by atoms with E-state index < -0.39 is 6.10 Å². The van der Waals surface area contributed by atoms with Gasteiger partial charge < -0.3 is 18.7 Å². The van der Waals surface area contributed by atoms with Gasteiger partial charge in [0.25, 0.3) is 0 Å². The van der Waals surface area contributed by atoms with Crippen molar-refractivity contribution in [1.29, 1.82) is 0 Å². The summed E-state index contributed by atoms with van der Waals surface area (Å²) in [5.41, 5.74) is 0.583. The summed E-state index contributed by atoms with van der Waals surface area (Å²) in [5, 5.41) is 10.5. The fraction of sp³-hybridized carbons (Fsp3) is 0.318. The Morgan fingerprint density at radius 3 is 2.64 bits per heavy atom. The predicted molar refractivity (Wildman–Crippen MR) is 104 cm³/mol. The first kappa shape index (κ1) is 19.9. The Morgan fingerprint density at radius 1 is 1.14 bits per heavy atom. The topological polar surface area (TPSA) is 76.1 Å². The third kappa shape index (κ3) is 5.84. The van der Waals surface area contributed by atoms with Crippen molar-refractivity contribution in [2.75, 3.05) is 13.2 Å². The zero-order valence-corrected chi connectivity index (χ0v) is 16.1. The van der Waals surface area contributed by atoms with Gasteiger partial charge in [0.1, 0.15) is 35.7 Å².